The molecule has 1 aliphatic rings. The Bertz CT molecular complexity index is 640. The van der Waals surface area contributed by atoms with Crippen molar-refractivity contribution in [1.82, 2.24) is 14.9 Å². The van der Waals surface area contributed by atoms with Crippen molar-refractivity contribution in [2.45, 2.75) is 6.54 Å². The molecule has 3 rings (SSSR count). The van der Waals surface area contributed by atoms with Gasteiger partial charge in [0.15, 0.2) is 0 Å². The molecule has 1 fully saturated rings. The van der Waals surface area contributed by atoms with Gasteiger partial charge in [-0.2, -0.15) is 4.98 Å². The molecule has 1 aliphatic heterocycles. The van der Waals surface area contributed by atoms with E-state index < -0.39 is 0 Å². The molecule has 0 spiro atoms. The second-order valence-corrected chi connectivity index (χ2v) is 5.69. The number of nitrogens with one attached hydrogen (secondary N) is 1. The summed E-state index contributed by atoms with van der Waals surface area (Å²) < 4.78 is 5.37. The highest BCUT2D eigenvalue weighted by molar-refractivity contribution is 5.44. The smallest absolute Gasteiger partial charge is 0.224 e. The molecule has 1 N–H and O–H groups in total. The first kappa shape index (κ1) is 15.6. The lowest BCUT2D eigenvalue weighted by molar-refractivity contribution is 0.312. The van der Waals surface area contributed by atoms with Crippen LogP contribution in [0.15, 0.2) is 36.5 Å². The standard InChI is InChI=1S/C17H23N5O/c1-21-9-11-22(12-10-21)16-7-8-18-17(20-16)19-13-14-5-3-4-6-15(14)23-2/h3-8H,9-13H2,1-2H3,(H,18,19,20). The van der Waals surface area contributed by atoms with E-state index in [1.165, 1.54) is 0 Å². The number of aromatic nitrogens is 2. The number of benzene rings is 1. The normalized spacial score (nSPS) is 15.5. The number of nitrogens with zero attached hydrogens (tertiary/aromatic N) is 4. The van der Waals surface area contributed by atoms with Crippen LogP contribution in [0.25, 0.3) is 0 Å². The van der Waals surface area contributed by atoms with Crippen LogP contribution in [0.5, 0.6) is 5.75 Å². The van der Waals surface area contributed by atoms with Crippen LogP contribution in [0.3, 0.4) is 0 Å². The zero-order chi connectivity index (χ0) is 16.1. The lowest BCUT2D eigenvalue weighted by atomic mass is 10.2. The van der Waals surface area contributed by atoms with E-state index in [1.54, 1.807) is 7.11 Å². The number of hydrogen-bond donors (Lipinski definition) is 1. The Morgan fingerprint density at radius 3 is 2.70 bits per heavy atom. The molecule has 1 saturated heterocycles. The molecular weight excluding hydrogens is 290 g/mol. The topological polar surface area (TPSA) is 53.5 Å². The van der Waals surface area contributed by atoms with Crippen molar-refractivity contribution in [3.63, 3.8) is 0 Å². The van der Waals surface area contributed by atoms with E-state index in [0.29, 0.717) is 12.5 Å². The summed E-state index contributed by atoms with van der Waals surface area (Å²) in [6.07, 6.45) is 1.81. The van der Waals surface area contributed by atoms with Crippen LogP contribution in [0, 0.1) is 0 Å². The number of ether oxygens (including phenoxy) is 1. The molecule has 0 amide bonds. The van der Waals surface area contributed by atoms with Crippen LogP contribution in [0.2, 0.25) is 0 Å². The summed E-state index contributed by atoms with van der Waals surface area (Å²) in [5.41, 5.74) is 1.09. The van der Waals surface area contributed by atoms with Gasteiger partial charge in [-0.15, -0.1) is 0 Å². The van der Waals surface area contributed by atoms with E-state index >= 15 is 0 Å². The Balaban J connectivity index is 1.66. The summed E-state index contributed by atoms with van der Waals surface area (Å²) in [5.74, 6) is 2.50. The van der Waals surface area contributed by atoms with E-state index in [2.05, 4.69) is 32.1 Å². The molecule has 23 heavy (non-hydrogen) atoms. The largest absolute Gasteiger partial charge is 0.496 e. The molecule has 2 heterocycles. The van der Waals surface area contributed by atoms with Crippen LogP contribution in [-0.4, -0.2) is 55.2 Å². The molecule has 1 aromatic carbocycles. The summed E-state index contributed by atoms with van der Waals surface area (Å²) in [7, 11) is 3.83. The van der Waals surface area contributed by atoms with Gasteiger partial charge in [-0.1, -0.05) is 18.2 Å². The highest BCUT2D eigenvalue weighted by Crippen LogP contribution is 2.19. The van der Waals surface area contributed by atoms with Gasteiger partial charge in [0.1, 0.15) is 11.6 Å². The van der Waals surface area contributed by atoms with Crippen LogP contribution in [0.1, 0.15) is 5.56 Å². The fraction of sp³-hybridized carbons (Fsp3) is 0.412. The van der Waals surface area contributed by atoms with E-state index in [-0.39, 0.29) is 0 Å². The average molecular weight is 313 g/mol. The summed E-state index contributed by atoms with van der Waals surface area (Å²) in [5, 5.41) is 3.28. The quantitative estimate of drug-likeness (QED) is 0.909. The van der Waals surface area contributed by atoms with Gasteiger partial charge in [0, 0.05) is 44.5 Å². The maximum atomic E-state index is 5.37. The second-order valence-electron chi connectivity index (χ2n) is 5.69. The molecule has 0 atom stereocenters. The third-order valence-electron chi connectivity index (χ3n) is 4.10. The van der Waals surface area contributed by atoms with Crippen molar-refractivity contribution < 1.29 is 4.74 Å². The van der Waals surface area contributed by atoms with E-state index in [1.807, 2.05) is 36.5 Å². The minimum atomic E-state index is 0.635. The Hall–Kier alpha value is -2.34. The number of hydrogen-bond acceptors (Lipinski definition) is 6. The van der Waals surface area contributed by atoms with E-state index in [9.17, 15) is 0 Å². The predicted octanol–water partition coefficient (Wildman–Crippen LogP) is 1.85. The molecule has 0 radical (unpaired) electrons. The van der Waals surface area contributed by atoms with Gasteiger partial charge < -0.3 is 19.9 Å². The molecule has 0 aliphatic carbocycles. The fourth-order valence-corrected chi connectivity index (χ4v) is 2.67. The lowest BCUT2D eigenvalue weighted by Gasteiger charge is -2.33. The van der Waals surface area contributed by atoms with Crippen molar-refractivity contribution in [2.24, 2.45) is 0 Å². The minimum absolute atomic E-state index is 0.635. The van der Waals surface area contributed by atoms with Crippen LogP contribution in [0.4, 0.5) is 11.8 Å². The minimum Gasteiger partial charge on any atom is -0.496 e. The average Bonchev–Trinajstić information content (AvgIpc) is 2.61. The fourth-order valence-electron chi connectivity index (χ4n) is 2.67. The molecule has 0 unspecified atom stereocenters. The SMILES string of the molecule is COc1ccccc1CNc1nccc(N2CCN(C)CC2)n1. The Kier molecular flexibility index (Phi) is 4.92. The van der Waals surface area contributed by atoms with Gasteiger partial charge >= 0.3 is 0 Å². The number of piperazine rings is 1. The van der Waals surface area contributed by atoms with Crippen molar-refractivity contribution >= 4 is 11.8 Å². The van der Waals surface area contributed by atoms with Crippen molar-refractivity contribution in [3.05, 3.63) is 42.1 Å². The van der Waals surface area contributed by atoms with Crippen molar-refractivity contribution in [1.29, 1.82) is 0 Å². The van der Waals surface area contributed by atoms with Gasteiger partial charge in [0.25, 0.3) is 0 Å². The second kappa shape index (κ2) is 7.28. The highest BCUT2D eigenvalue weighted by atomic mass is 16.5. The monoisotopic (exact) mass is 313 g/mol. The maximum absolute atomic E-state index is 5.37. The maximum Gasteiger partial charge on any atom is 0.224 e. The number of rotatable bonds is 5. The third kappa shape index (κ3) is 3.90. The van der Waals surface area contributed by atoms with Crippen molar-refractivity contribution in [3.8, 4) is 5.75 Å². The van der Waals surface area contributed by atoms with Crippen LogP contribution in [-0.2, 0) is 6.54 Å². The Morgan fingerprint density at radius 2 is 1.91 bits per heavy atom. The molecule has 0 saturated carbocycles. The molecule has 6 heteroatoms. The zero-order valence-electron chi connectivity index (χ0n) is 13.7. The number of para-hydroxylation sites is 1. The first-order chi connectivity index (χ1) is 11.3. The first-order valence-corrected chi connectivity index (χ1v) is 7.88. The van der Waals surface area contributed by atoms with Crippen LogP contribution < -0.4 is 15.0 Å². The van der Waals surface area contributed by atoms with Gasteiger partial charge in [0.05, 0.1) is 7.11 Å². The summed E-state index contributed by atoms with van der Waals surface area (Å²) in [4.78, 5) is 13.6. The Morgan fingerprint density at radius 1 is 1.13 bits per heavy atom. The van der Waals surface area contributed by atoms with Gasteiger partial charge in [-0.05, 0) is 19.2 Å². The number of methoxy groups -OCH3 is 1. The van der Waals surface area contributed by atoms with E-state index in [0.717, 1.165) is 43.3 Å². The summed E-state index contributed by atoms with van der Waals surface area (Å²) in [6.45, 7) is 4.76. The molecule has 6 nitrogen and oxygen atoms in total. The number of likely N-dealkylation sites (N-methyl/N-ethyl adjacent to an activating group) is 1. The van der Waals surface area contributed by atoms with Crippen molar-refractivity contribution in [2.75, 3.05) is 50.6 Å². The molecular formula is C17H23N5O. The highest BCUT2D eigenvalue weighted by Gasteiger charge is 2.15. The molecule has 122 valence electrons. The third-order valence-corrected chi connectivity index (χ3v) is 4.10. The number of anilines is 2. The Labute approximate surface area is 137 Å². The van der Waals surface area contributed by atoms with Crippen LogP contribution >= 0.6 is 0 Å². The summed E-state index contributed by atoms with van der Waals surface area (Å²) >= 11 is 0. The van der Waals surface area contributed by atoms with Gasteiger partial charge in [-0.25, -0.2) is 4.98 Å². The zero-order valence-corrected chi connectivity index (χ0v) is 13.7. The van der Waals surface area contributed by atoms with E-state index in [4.69, 9.17) is 4.74 Å². The molecule has 2 aromatic rings. The predicted molar refractivity (Wildman–Crippen MR) is 92.1 cm³/mol. The summed E-state index contributed by atoms with van der Waals surface area (Å²) in [6, 6.07) is 9.93. The first-order valence-electron chi connectivity index (χ1n) is 7.88. The lowest BCUT2D eigenvalue weighted by Crippen LogP contribution is -2.44. The molecule has 1 aromatic heterocycles. The van der Waals surface area contributed by atoms with Gasteiger partial charge in [-0.3, -0.25) is 0 Å². The molecule has 0 bridgehead atoms. The van der Waals surface area contributed by atoms with Gasteiger partial charge in [0.2, 0.25) is 5.95 Å².